The van der Waals surface area contributed by atoms with Gasteiger partial charge in [-0.15, -0.1) is 12.4 Å². The van der Waals surface area contributed by atoms with Gasteiger partial charge < -0.3 is 15.8 Å². The Morgan fingerprint density at radius 1 is 1.27 bits per heavy atom. The summed E-state index contributed by atoms with van der Waals surface area (Å²) in [6, 6.07) is 7.47. The monoisotopic (exact) mass is 324 g/mol. The molecule has 2 aliphatic rings. The van der Waals surface area contributed by atoms with Crippen molar-refractivity contribution in [2.24, 2.45) is 11.7 Å². The number of amides is 1. The molecule has 1 saturated carbocycles. The standard InChI is InChI=1S/C17H24N2O2.ClH/c1-11-5-7-12(8-6-11)16(18)17(20)19-14-3-2-4-15-13(14)9-10-21-15;/h5-8,13-16H,2-4,9-10,18H2,1H3,(H,19,20);1H. The first-order chi connectivity index (χ1) is 10.1. The lowest BCUT2D eigenvalue weighted by Crippen LogP contribution is -2.48. The van der Waals surface area contributed by atoms with Crippen LogP contribution in [-0.2, 0) is 9.53 Å². The summed E-state index contributed by atoms with van der Waals surface area (Å²) in [7, 11) is 0. The number of rotatable bonds is 3. The highest BCUT2D eigenvalue weighted by Gasteiger charge is 2.38. The smallest absolute Gasteiger partial charge is 0.241 e. The quantitative estimate of drug-likeness (QED) is 0.898. The van der Waals surface area contributed by atoms with Gasteiger partial charge in [0.2, 0.25) is 5.91 Å². The molecule has 4 nitrogen and oxygen atoms in total. The average Bonchev–Trinajstić information content (AvgIpc) is 2.97. The summed E-state index contributed by atoms with van der Waals surface area (Å²) in [5.41, 5.74) is 8.14. The number of hydrogen-bond acceptors (Lipinski definition) is 3. The molecule has 122 valence electrons. The van der Waals surface area contributed by atoms with Crippen LogP contribution in [0.4, 0.5) is 0 Å². The van der Waals surface area contributed by atoms with Gasteiger partial charge in [0.15, 0.2) is 0 Å². The number of ether oxygens (including phenoxy) is 1. The van der Waals surface area contributed by atoms with Crippen LogP contribution < -0.4 is 11.1 Å². The zero-order valence-electron chi connectivity index (χ0n) is 13.0. The topological polar surface area (TPSA) is 64.4 Å². The van der Waals surface area contributed by atoms with Gasteiger partial charge in [-0.05, 0) is 38.2 Å². The molecule has 3 N–H and O–H groups in total. The van der Waals surface area contributed by atoms with E-state index in [-0.39, 0.29) is 24.4 Å². The molecule has 1 saturated heterocycles. The molecular formula is C17H25ClN2O2. The van der Waals surface area contributed by atoms with Gasteiger partial charge in [-0.1, -0.05) is 29.8 Å². The highest BCUT2D eigenvalue weighted by atomic mass is 35.5. The fourth-order valence-corrected chi connectivity index (χ4v) is 3.55. The second-order valence-corrected chi connectivity index (χ2v) is 6.30. The van der Waals surface area contributed by atoms with Crippen molar-refractivity contribution in [1.82, 2.24) is 5.32 Å². The van der Waals surface area contributed by atoms with Gasteiger partial charge in [0.25, 0.3) is 0 Å². The predicted molar refractivity (Wildman–Crippen MR) is 89.0 cm³/mol. The van der Waals surface area contributed by atoms with Gasteiger partial charge in [-0.25, -0.2) is 0 Å². The Hall–Kier alpha value is -1.10. The van der Waals surface area contributed by atoms with Gasteiger partial charge >= 0.3 is 0 Å². The van der Waals surface area contributed by atoms with Crippen LogP contribution in [0.1, 0.15) is 42.9 Å². The fraction of sp³-hybridized carbons (Fsp3) is 0.588. The van der Waals surface area contributed by atoms with E-state index in [1.165, 1.54) is 5.56 Å². The highest BCUT2D eigenvalue weighted by molar-refractivity contribution is 5.85. The summed E-state index contributed by atoms with van der Waals surface area (Å²) >= 11 is 0. The van der Waals surface area contributed by atoms with Crippen LogP contribution in [0.15, 0.2) is 24.3 Å². The SMILES string of the molecule is Cc1ccc(C(N)C(=O)NC2CCCC3OCCC23)cc1.Cl. The molecule has 3 rings (SSSR count). The minimum atomic E-state index is -0.590. The van der Waals surface area contributed by atoms with Crippen LogP contribution in [0.3, 0.4) is 0 Å². The van der Waals surface area contributed by atoms with Gasteiger partial charge in [0, 0.05) is 18.6 Å². The molecule has 4 unspecified atom stereocenters. The number of nitrogens with one attached hydrogen (secondary N) is 1. The maximum Gasteiger partial charge on any atom is 0.241 e. The van der Waals surface area contributed by atoms with Gasteiger partial charge in [0.1, 0.15) is 6.04 Å². The summed E-state index contributed by atoms with van der Waals surface area (Å²) in [6.07, 6.45) is 4.67. The van der Waals surface area contributed by atoms with E-state index in [0.717, 1.165) is 37.9 Å². The largest absolute Gasteiger partial charge is 0.378 e. The van der Waals surface area contributed by atoms with Crippen molar-refractivity contribution in [1.29, 1.82) is 0 Å². The number of hydrogen-bond donors (Lipinski definition) is 2. The minimum Gasteiger partial charge on any atom is -0.378 e. The van der Waals surface area contributed by atoms with E-state index in [1.54, 1.807) is 0 Å². The van der Waals surface area contributed by atoms with Crippen LogP contribution in [0.25, 0.3) is 0 Å². The third-order valence-corrected chi connectivity index (χ3v) is 4.83. The van der Waals surface area contributed by atoms with Gasteiger partial charge in [0.05, 0.1) is 6.10 Å². The minimum absolute atomic E-state index is 0. The summed E-state index contributed by atoms with van der Waals surface area (Å²) in [5.74, 6) is 0.393. The average molecular weight is 325 g/mol. The summed E-state index contributed by atoms with van der Waals surface area (Å²) < 4.78 is 5.74. The van der Waals surface area contributed by atoms with Crippen LogP contribution in [-0.4, -0.2) is 24.7 Å². The molecule has 0 radical (unpaired) electrons. The van der Waals surface area contributed by atoms with Crippen molar-refractivity contribution in [2.75, 3.05) is 6.61 Å². The predicted octanol–water partition coefficient (Wildman–Crippen LogP) is 2.49. The number of carbonyl (C=O) groups excluding carboxylic acids is 1. The lowest BCUT2D eigenvalue weighted by atomic mass is 9.81. The van der Waals surface area contributed by atoms with Crippen molar-refractivity contribution < 1.29 is 9.53 Å². The summed E-state index contributed by atoms with van der Waals surface area (Å²) in [4.78, 5) is 12.4. The number of nitrogens with two attached hydrogens (primary N) is 1. The summed E-state index contributed by atoms with van der Waals surface area (Å²) in [6.45, 7) is 2.85. The molecule has 1 aromatic carbocycles. The molecule has 22 heavy (non-hydrogen) atoms. The number of fused-ring (bicyclic) bond motifs is 1. The zero-order chi connectivity index (χ0) is 14.8. The second-order valence-electron chi connectivity index (χ2n) is 6.30. The normalized spacial score (nSPS) is 28.4. The van der Waals surface area contributed by atoms with Crippen molar-refractivity contribution in [3.8, 4) is 0 Å². The Morgan fingerprint density at radius 3 is 2.73 bits per heavy atom. The fourth-order valence-electron chi connectivity index (χ4n) is 3.55. The Bertz CT molecular complexity index is 506. The first-order valence-corrected chi connectivity index (χ1v) is 7.89. The maximum atomic E-state index is 12.4. The zero-order valence-corrected chi connectivity index (χ0v) is 13.8. The molecule has 1 heterocycles. The van der Waals surface area contributed by atoms with E-state index in [9.17, 15) is 4.79 Å². The lowest BCUT2D eigenvalue weighted by Gasteiger charge is -2.33. The molecule has 4 atom stereocenters. The van der Waals surface area contributed by atoms with E-state index in [1.807, 2.05) is 31.2 Å². The van der Waals surface area contributed by atoms with Crippen LogP contribution in [0.2, 0.25) is 0 Å². The number of aryl methyl sites for hydroxylation is 1. The Balaban J connectivity index is 0.00000176. The summed E-state index contributed by atoms with van der Waals surface area (Å²) in [5, 5.41) is 3.16. The molecule has 1 aliphatic carbocycles. The van der Waals surface area contributed by atoms with Gasteiger partial charge in [-0.3, -0.25) is 4.79 Å². The number of carbonyl (C=O) groups is 1. The molecule has 2 fully saturated rings. The second kappa shape index (κ2) is 7.44. The van der Waals surface area contributed by atoms with Crippen molar-refractivity contribution in [3.05, 3.63) is 35.4 Å². The van der Waals surface area contributed by atoms with Crippen molar-refractivity contribution >= 4 is 18.3 Å². The Morgan fingerprint density at radius 2 is 2.00 bits per heavy atom. The Labute approximate surface area is 138 Å². The third kappa shape index (κ3) is 3.62. The van der Waals surface area contributed by atoms with Crippen LogP contribution >= 0.6 is 12.4 Å². The molecule has 1 amide bonds. The van der Waals surface area contributed by atoms with E-state index >= 15 is 0 Å². The van der Waals surface area contributed by atoms with Gasteiger partial charge in [-0.2, -0.15) is 0 Å². The molecule has 1 aliphatic heterocycles. The first-order valence-electron chi connectivity index (χ1n) is 7.89. The van der Waals surface area contributed by atoms with Crippen LogP contribution in [0, 0.1) is 12.8 Å². The first kappa shape index (κ1) is 17.3. The van der Waals surface area contributed by atoms with E-state index in [0.29, 0.717) is 12.0 Å². The molecule has 1 aromatic rings. The van der Waals surface area contributed by atoms with Crippen LogP contribution in [0.5, 0.6) is 0 Å². The highest BCUT2D eigenvalue weighted by Crippen LogP contribution is 2.34. The molecule has 5 heteroatoms. The third-order valence-electron chi connectivity index (χ3n) is 4.83. The molecule has 0 aromatic heterocycles. The molecular weight excluding hydrogens is 300 g/mol. The maximum absolute atomic E-state index is 12.4. The number of benzene rings is 1. The van der Waals surface area contributed by atoms with E-state index < -0.39 is 6.04 Å². The van der Waals surface area contributed by atoms with E-state index in [4.69, 9.17) is 10.5 Å². The van der Waals surface area contributed by atoms with Crippen molar-refractivity contribution in [3.63, 3.8) is 0 Å². The molecule has 0 bridgehead atoms. The van der Waals surface area contributed by atoms with E-state index in [2.05, 4.69) is 5.32 Å². The molecule has 0 spiro atoms. The lowest BCUT2D eigenvalue weighted by molar-refractivity contribution is -0.124. The van der Waals surface area contributed by atoms with Crippen molar-refractivity contribution in [2.45, 2.75) is 50.8 Å². The Kier molecular flexibility index (Phi) is 5.84. The number of halogens is 1.